The van der Waals surface area contributed by atoms with Gasteiger partial charge in [0.15, 0.2) is 5.75 Å². The predicted molar refractivity (Wildman–Crippen MR) is 74.4 cm³/mol. The van der Waals surface area contributed by atoms with E-state index >= 15 is 0 Å². The zero-order chi connectivity index (χ0) is 15.4. The number of aryl methyl sites for hydroxylation is 1. The molecule has 6 nitrogen and oxygen atoms in total. The van der Waals surface area contributed by atoms with E-state index < -0.39 is 12.0 Å². The Morgan fingerprint density at radius 3 is 2.86 bits per heavy atom. The minimum atomic E-state index is -0.535. The van der Waals surface area contributed by atoms with Crippen molar-refractivity contribution in [1.29, 1.82) is 0 Å². The number of aldehydes is 2. The minimum absolute atomic E-state index is 0.208. The Hall–Kier alpha value is -2.24. The van der Waals surface area contributed by atoms with E-state index in [0.717, 1.165) is 19.0 Å². The van der Waals surface area contributed by atoms with Gasteiger partial charge in [0.2, 0.25) is 0 Å². The summed E-state index contributed by atoms with van der Waals surface area (Å²) >= 11 is 0. The van der Waals surface area contributed by atoms with Crippen molar-refractivity contribution >= 4 is 18.5 Å². The maximum Gasteiger partial charge on any atom is 0.308 e. The molecule has 0 saturated heterocycles. The van der Waals surface area contributed by atoms with Crippen molar-refractivity contribution < 1.29 is 19.1 Å². The summed E-state index contributed by atoms with van der Waals surface area (Å²) in [5.41, 5.74) is 0.684. The number of hydrogen-bond acceptors (Lipinski definition) is 5. The molecule has 112 valence electrons. The summed E-state index contributed by atoms with van der Waals surface area (Å²) in [6.07, 6.45) is 3.87. The van der Waals surface area contributed by atoms with E-state index in [9.17, 15) is 19.2 Å². The van der Waals surface area contributed by atoms with Crippen LogP contribution in [-0.2, 0) is 27.2 Å². The van der Waals surface area contributed by atoms with Gasteiger partial charge in [-0.1, -0.05) is 0 Å². The van der Waals surface area contributed by atoms with Gasteiger partial charge < -0.3 is 14.3 Å². The zero-order valence-electron chi connectivity index (χ0n) is 11.8. The molecule has 0 amide bonds. The molecule has 0 spiro atoms. The lowest BCUT2D eigenvalue weighted by molar-refractivity contribution is -0.132. The summed E-state index contributed by atoms with van der Waals surface area (Å²) in [6, 6.07) is 0.985. The third-order valence-electron chi connectivity index (χ3n) is 3.56. The number of carbonyl (C=O) groups excluding carboxylic acids is 3. The Kier molecular flexibility index (Phi) is 4.67. The second-order valence-electron chi connectivity index (χ2n) is 5.05. The number of aromatic nitrogens is 1. The van der Waals surface area contributed by atoms with Crippen LogP contribution in [-0.4, -0.2) is 23.1 Å². The molecule has 0 bridgehead atoms. The first kappa shape index (κ1) is 15.2. The Morgan fingerprint density at radius 2 is 2.24 bits per heavy atom. The fourth-order valence-corrected chi connectivity index (χ4v) is 2.67. The molecule has 1 atom stereocenters. The van der Waals surface area contributed by atoms with Crippen molar-refractivity contribution in [2.45, 2.75) is 45.1 Å². The molecule has 0 aliphatic carbocycles. The van der Waals surface area contributed by atoms with Gasteiger partial charge in [-0.05, 0) is 31.7 Å². The normalized spacial score (nSPS) is 16.9. The van der Waals surface area contributed by atoms with Crippen molar-refractivity contribution in [1.82, 2.24) is 4.57 Å². The lowest BCUT2D eigenvalue weighted by atomic mass is 9.99. The minimum Gasteiger partial charge on any atom is -0.425 e. The van der Waals surface area contributed by atoms with Crippen LogP contribution in [0, 0.1) is 0 Å². The number of carbonyl (C=O) groups is 3. The molecule has 1 aliphatic rings. The van der Waals surface area contributed by atoms with Crippen molar-refractivity contribution in [3.63, 3.8) is 0 Å². The van der Waals surface area contributed by atoms with Crippen LogP contribution in [0.1, 0.15) is 43.5 Å². The van der Waals surface area contributed by atoms with Crippen molar-refractivity contribution in [3.05, 3.63) is 27.7 Å². The Morgan fingerprint density at radius 1 is 1.48 bits per heavy atom. The highest BCUT2D eigenvalue weighted by atomic mass is 16.5. The fourth-order valence-electron chi connectivity index (χ4n) is 2.67. The van der Waals surface area contributed by atoms with Crippen LogP contribution in [0.5, 0.6) is 5.75 Å². The van der Waals surface area contributed by atoms with E-state index in [0.29, 0.717) is 29.8 Å². The van der Waals surface area contributed by atoms with E-state index in [1.165, 1.54) is 17.6 Å². The van der Waals surface area contributed by atoms with Crippen LogP contribution in [0.4, 0.5) is 0 Å². The van der Waals surface area contributed by atoms with Gasteiger partial charge in [0.1, 0.15) is 12.6 Å². The molecule has 0 fully saturated rings. The number of hydrogen-bond donors (Lipinski definition) is 0. The Balaban J connectivity index is 2.60. The number of pyridine rings is 1. The molecular weight excluding hydrogens is 274 g/mol. The third kappa shape index (κ3) is 3.09. The van der Waals surface area contributed by atoms with Crippen LogP contribution in [0.15, 0.2) is 10.9 Å². The van der Waals surface area contributed by atoms with Crippen molar-refractivity contribution in [2.75, 3.05) is 0 Å². The molecule has 1 aromatic rings. The van der Waals surface area contributed by atoms with Crippen LogP contribution in [0.2, 0.25) is 0 Å². The van der Waals surface area contributed by atoms with Crippen LogP contribution in [0.3, 0.4) is 0 Å². The van der Waals surface area contributed by atoms with Gasteiger partial charge in [0, 0.05) is 18.9 Å². The molecule has 6 heteroatoms. The van der Waals surface area contributed by atoms with Crippen molar-refractivity contribution in [2.24, 2.45) is 0 Å². The summed E-state index contributed by atoms with van der Waals surface area (Å²) in [4.78, 5) is 45.4. The third-order valence-corrected chi connectivity index (χ3v) is 3.56. The summed E-state index contributed by atoms with van der Waals surface area (Å²) in [7, 11) is 0. The van der Waals surface area contributed by atoms with Gasteiger partial charge in [-0.3, -0.25) is 14.2 Å². The summed E-state index contributed by atoms with van der Waals surface area (Å²) in [5.74, 6) is -0.166. The van der Waals surface area contributed by atoms with Gasteiger partial charge in [0.25, 0.3) is 5.56 Å². The lowest BCUT2D eigenvalue weighted by Crippen LogP contribution is -2.34. The standard InChI is InChI=1S/C15H17NO5/c1-10(19)21-14-8-11(4-3-7-17)15(20)16-12(9-18)5-2-6-13(14)16/h7-9,12H,2-6H2,1H3/t12-/m0/s1. The first-order valence-corrected chi connectivity index (χ1v) is 6.93. The van der Waals surface area contributed by atoms with Gasteiger partial charge in [-0.2, -0.15) is 0 Å². The first-order valence-electron chi connectivity index (χ1n) is 6.93. The number of nitrogens with zero attached hydrogens (tertiary/aromatic N) is 1. The van der Waals surface area contributed by atoms with E-state index in [2.05, 4.69) is 0 Å². The molecule has 0 N–H and O–H groups in total. The van der Waals surface area contributed by atoms with E-state index in [-0.39, 0.29) is 18.4 Å². The van der Waals surface area contributed by atoms with Crippen LogP contribution >= 0.6 is 0 Å². The monoisotopic (exact) mass is 291 g/mol. The SMILES string of the molecule is CC(=O)Oc1cc(CCC=O)c(=O)n2c1CCC[C@H]2C=O. The Labute approximate surface area is 121 Å². The number of fused-ring (bicyclic) bond motifs is 1. The van der Waals surface area contributed by atoms with Gasteiger partial charge >= 0.3 is 5.97 Å². The molecule has 0 unspecified atom stereocenters. The number of esters is 1. The average molecular weight is 291 g/mol. The maximum atomic E-state index is 12.5. The second-order valence-corrected chi connectivity index (χ2v) is 5.05. The summed E-state index contributed by atoms with van der Waals surface area (Å²) in [5, 5.41) is 0. The molecule has 1 aromatic heterocycles. The predicted octanol–water partition coefficient (Wildman–Crippen LogP) is 0.981. The zero-order valence-corrected chi connectivity index (χ0v) is 11.8. The van der Waals surface area contributed by atoms with Crippen LogP contribution < -0.4 is 10.3 Å². The highest BCUT2D eigenvalue weighted by Gasteiger charge is 2.25. The molecule has 1 aliphatic heterocycles. The first-order chi connectivity index (χ1) is 10.1. The van der Waals surface area contributed by atoms with Crippen LogP contribution in [0.25, 0.3) is 0 Å². The molecule has 2 rings (SSSR count). The van der Waals surface area contributed by atoms with Gasteiger partial charge in [-0.25, -0.2) is 0 Å². The summed E-state index contributed by atoms with van der Waals surface area (Å²) in [6.45, 7) is 1.29. The lowest BCUT2D eigenvalue weighted by Gasteiger charge is -2.26. The smallest absolute Gasteiger partial charge is 0.308 e. The molecule has 0 radical (unpaired) electrons. The quantitative estimate of drug-likeness (QED) is 0.596. The van der Waals surface area contributed by atoms with Gasteiger partial charge in [0.05, 0.1) is 11.7 Å². The summed E-state index contributed by atoms with van der Waals surface area (Å²) < 4.78 is 6.59. The molecule has 0 aromatic carbocycles. The molecular formula is C15H17NO5. The fraction of sp³-hybridized carbons (Fsp3) is 0.467. The average Bonchev–Trinajstić information content (AvgIpc) is 2.47. The molecule has 2 heterocycles. The maximum absolute atomic E-state index is 12.5. The molecule has 0 saturated carbocycles. The highest BCUT2D eigenvalue weighted by molar-refractivity contribution is 5.70. The number of ether oxygens (including phenoxy) is 1. The van der Waals surface area contributed by atoms with Crippen molar-refractivity contribution in [3.8, 4) is 5.75 Å². The highest BCUT2D eigenvalue weighted by Crippen LogP contribution is 2.29. The molecule has 21 heavy (non-hydrogen) atoms. The second kappa shape index (κ2) is 6.47. The van der Waals surface area contributed by atoms with E-state index in [4.69, 9.17) is 4.74 Å². The topological polar surface area (TPSA) is 82.4 Å². The van der Waals surface area contributed by atoms with E-state index in [1.807, 2.05) is 0 Å². The van der Waals surface area contributed by atoms with Gasteiger partial charge in [-0.15, -0.1) is 0 Å². The number of rotatable bonds is 5. The van der Waals surface area contributed by atoms with E-state index in [1.54, 1.807) is 0 Å². The largest absolute Gasteiger partial charge is 0.425 e. The Bertz CT molecular complexity index is 632.